The van der Waals surface area contributed by atoms with E-state index >= 15 is 0 Å². The van der Waals surface area contributed by atoms with E-state index in [0.717, 1.165) is 8.04 Å². The summed E-state index contributed by atoms with van der Waals surface area (Å²) in [5.74, 6) is -0.649. The van der Waals surface area contributed by atoms with Gasteiger partial charge in [-0.3, -0.25) is 20.4 Å². The molecule has 2 N–H and O–H groups in total. The number of carbonyl (C=O) groups is 2. The maximum atomic E-state index is 11.6. The van der Waals surface area contributed by atoms with Crippen molar-refractivity contribution >= 4 is 50.3 Å². The molecule has 0 saturated carbocycles. The highest BCUT2D eigenvalue weighted by molar-refractivity contribution is 14.1. The van der Waals surface area contributed by atoms with Crippen LogP contribution in [0.3, 0.4) is 0 Å². The highest BCUT2D eigenvalue weighted by Crippen LogP contribution is 2.18. The second-order valence-corrected chi connectivity index (χ2v) is 4.84. The summed E-state index contributed by atoms with van der Waals surface area (Å²) in [7, 11) is 0. The van der Waals surface area contributed by atoms with Crippen molar-refractivity contribution in [3.05, 3.63) is 31.8 Å². The molecule has 2 amide bonds. The first kappa shape index (κ1) is 12.4. The van der Waals surface area contributed by atoms with Gasteiger partial charge in [0.05, 0.1) is 5.56 Å². The van der Waals surface area contributed by atoms with Crippen molar-refractivity contribution in [2.45, 2.75) is 6.92 Å². The topological polar surface area (TPSA) is 58.2 Å². The van der Waals surface area contributed by atoms with Gasteiger partial charge in [0.25, 0.3) is 5.91 Å². The van der Waals surface area contributed by atoms with Gasteiger partial charge in [-0.1, -0.05) is 15.9 Å². The Hall–Kier alpha value is -0.630. The molecular formula is C9H8BrIN2O2. The van der Waals surface area contributed by atoms with E-state index in [1.165, 1.54) is 6.92 Å². The largest absolute Gasteiger partial charge is 0.274 e. The first-order chi connectivity index (χ1) is 7.00. The van der Waals surface area contributed by atoms with Crippen LogP contribution in [-0.4, -0.2) is 11.8 Å². The second kappa shape index (κ2) is 5.45. The summed E-state index contributed by atoms with van der Waals surface area (Å²) in [5, 5.41) is 0. The Morgan fingerprint density at radius 1 is 1.33 bits per heavy atom. The number of nitrogens with one attached hydrogen (secondary N) is 2. The van der Waals surface area contributed by atoms with Crippen LogP contribution in [0.4, 0.5) is 0 Å². The molecule has 0 aliphatic rings. The van der Waals surface area contributed by atoms with E-state index in [2.05, 4.69) is 49.4 Å². The Labute approximate surface area is 109 Å². The van der Waals surface area contributed by atoms with E-state index < -0.39 is 0 Å². The third kappa shape index (κ3) is 3.78. The van der Waals surface area contributed by atoms with Crippen LogP contribution in [0.25, 0.3) is 0 Å². The molecule has 0 bridgehead atoms. The summed E-state index contributed by atoms with van der Waals surface area (Å²) >= 11 is 5.33. The standard InChI is InChI=1S/C9H8BrIN2O2/c1-5(14)12-13-9(15)7-4-6(10)2-3-8(7)11/h2-4H,1H3,(H,12,14)(H,13,15). The van der Waals surface area contributed by atoms with E-state index in [1.54, 1.807) is 6.07 Å². The van der Waals surface area contributed by atoms with E-state index in [9.17, 15) is 9.59 Å². The summed E-state index contributed by atoms with van der Waals surface area (Å²) in [6.07, 6.45) is 0. The van der Waals surface area contributed by atoms with Crippen molar-refractivity contribution in [2.75, 3.05) is 0 Å². The van der Waals surface area contributed by atoms with Crippen molar-refractivity contribution in [2.24, 2.45) is 0 Å². The van der Waals surface area contributed by atoms with Crippen LogP contribution in [-0.2, 0) is 4.79 Å². The SMILES string of the molecule is CC(=O)NNC(=O)c1cc(Br)ccc1I. The molecule has 0 saturated heterocycles. The molecule has 1 rings (SSSR count). The monoisotopic (exact) mass is 382 g/mol. The van der Waals surface area contributed by atoms with Gasteiger partial charge >= 0.3 is 0 Å². The lowest BCUT2D eigenvalue weighted by molar-refractivity contribution is -0.119. The van der Waals surface area contributed by atoms with Gasteiger partial charge in [-0.15, -0.1) is 0 Å². The number of halogens is 2. The van der Waals surface area contributed by atoms with Gasteiger partial charge in [-0.25, -0.2) is 0 Å². The van der Waals surface area contributed by atoms with Crippen LogP contribution in [0.1, 0.15) is 17.3 Å². The van der Waals surface area contributed by atoms with Gasteiger partial charge in [-0.2, -0.15) is 0 Å². The summed E-state index contributed by atoms with van der Waals surface area (Å²) in [6, 6.07) is 5.35. The molecule has 15 heavy (non-hydrogen) atoms. The van der Waals surface area contributed by atoms with Gasteiger partial charge in [0, 0.05) is 15.0 Å². The van der Waals surface area contributed by atoms with Gasteiger partial charge in [0.15, 0.2) is 0 Å². The lowest BCUT2D eigenvalue weighted by Crippen LogP contribution is -2.40. The number of amides is 2. The maximum absolute atomic E-state index is 11.6. The molecule has 1 aromatic rings. The minimum atomic E-state index is -0.337. The van der Waals surface area contributed by atoms with Crippen LogP contribution >= 0.6 is 38.5 Å². The Bertz CT molecular complexity index is 409. The fourth-order valence-electron chi connectivity index (χ4n) is 0.884. The molecule has 0 heterocycles. The van der Waals surface area contributed by atoms with E-state index in [-0.39, 0.29) is 11.8 Å². The van der Waals surface area contributed by atoms with Gasteiger partial charge in [0.2, 0.25) is 5.91 Å². The molecule has 0 aromatic heterocycles. The highest BCUT2D eigenvalue weighted by atomic mass is 127. The molecule has 0 atom stereocenters. The molecule has 0 unspecified atom stereocenters. The average molecular weight is 383 g/mol. The van der Waals surface area contributed by atoms with Crippen LogP contribution < -0.4 is 10.9 Å². The van der Waals surface area contributed by atoms with Crippen molar-refractivity contribution in [1.29, 1.82) is 0 Å². The zero-order valence-electron chi connectivity index (χ0n) is 7.80. The predicted molar refractivity (Wildman–Crippen MR) is 68.1 cm³/mol. The highest BCUT2D eigenvalue weighted by Gasteiger charge is 2.10. The number of carbonyl (C=O) groups excluding carboxylic acids is 2. The molecule has 0 aliphatic carbocycles. The quantitative estimate of drug-likeness (QED) is 0.575. The molecule has 4 nitrogen and oxygen atoms in total. The predicted octanol–water partition coefficient (Wildman–Crippen LogP) is 1.83. The van der Waals surface area contributed by atoms with Crippen molar-refractivity contribution < 1.29 is 9.59 Å². The third-order valence-electron chi connectivity index (χ3n) is 1.53. The van der Waals surface area contributed by atoms with Gasteiger partial charge < -0.3 is 0 Å². The normalized spacial score (nSPS) is 9.53. The number of hydrogen-bond acceptors (Lipinski definition) is 2. The zero-order valence-corrected chi connectivity index (χ0v) is 11.5. The Kier molecular flexibility index (Phi) is 4.52. The summed E-state index contributed by atoms with van der Waals surface area (Å²) in [5.41, 5.74) is 5.05. The molecule has 6 heteroatoms. The third-order valence-corrected chi connectivity index (χ3v) is 2.96. The summed E-state index contributed by atoms with van der Waals surface area (Å²) < 4.78 is 1.63. The van der Waals surface area contributed by atoms with E-state index in [1.807, 2.05) is 12.1 Å². The first-order valence-corrected chi connectivity index (χ1v) is 5.90. The summed E-state index contributed by atoms with van der Waals surface area (Å²) in [4.78, 5) is 22.2. The van der Waals surface area contributed by atoms with Crippen molar-refractivity contribution in [3.63, 3.8) is 0 Å². The molecule has 80 valence electrons. The molecule has 0 spiro atoms. The molecule has 0 fully saturated rings. The fraction of sp³-hybridized carbons (Fsp3) is 0.111. The van der Waals surface area contributed by atoms with Gasteiger partial charge in [-0.05, 0) is 40.8 Å². The smallest absolute Gasteiger partial charge is 0.270 e. The maximum Gasteiger partial charge on any atom is 0.270 e. The number of hydrazine groups is 1. The molecule has 0 aliphatic heterocycles. The second-order valence-electron chi connectivity index (χ2n) is 2.76. The van der Waals surface area contributed by atoms with E-state index in [0.29, 0.717) is 5.56 Å². The minimum Gasteiger partial charge on any atom is -0.274 e. The van der Waals surface area contributed by atoms with Crippen molar-refractivity contribution in [1.82, 2.24) is 10.9 Å². The van der Waals surface area contributed by atoms with Crippen LogP contribution in [0.2, 0.25) is 0 Å². The molecular weight excluding hydrogens is 375 g/mol. The number of benzene rings is 1. The Morgan fingerprint density at radius 2 is 2.00 bits per heavy atom. The minimum absolute atomic E-state index is 0.312. The van der Waals surface area contributed by atoms with Crippen LogP contribution in [0, 0.1) is 3.57 Å². The Balaban J connectivity index is 2.81. The van der Waals surface area contributed by atoms with Crippen molar-refractivity contribution in [3.8, 4) is 0 Å². The summed E-state index contributed by atoms with van der Waals surface area (Å²) in [6.45, 7) is 1.33. The zero-order chi connectivity index (χ0) is 11.4. The van der Waals surface area contributed by atoms with Gasteiger partial charge in [0.1, 0.15) is 0 Å². The number of rotatable bonds is 1. The number of hydrogen-bond donors (Lipinski definition) is 2. The Morgan fingerprint density at radius 3 is 2.60 bits per heavy atom. The van der Waals surface area contributed by atoms with Crippen LogP contribution in [0.5, 0.6) is 0 Å². The van der Waals surface area contributed by atoms with Crippen LogP contribution in [0.15, 0.2) is 22.7 Å². The van der Waals surface area contributed by atoms with E-state index in [4.69, 9.17) is 0 Å². The molecule has 1 aromatic carbocycles. The fourth-order valence-corrected chi connectivity index (χ4v) is 1.83. The first-order valence-electron chi connectivity index (χ1n) is 4.02. The molecule has 0 radical (unpaired) electrons. The average Bonchev–Trinajstić information content (AvgIpc) is 2.18. The lowest BCUT2D eigenvalue weighted by atomic mass is 10.2. The lowest BCUT2D eigenvalue weighted by Gasteiger charge is -2.06.